The highest BCUT2D eigenvalue weighted by molar-refractivity contribution is 6.06. The predicted molar refractivity (Wildman–Crippen MR) is 76.4 cm³/mol. The quantitative estimate of drug-likeness (QED) is 0.727. The molecule has 2 rings (SSSR count). The zero-order chi connectivity index (χ0) is 14.7. The van der Waals surface area contributed by atoms with Crippen molar-refractivity contribution >= 4 is 17.3 Å². The summed E-state index contributed by atoms with van der Waals surface area (Å²) >= 11 is 0. The first-order valence-electron chi connectivity index (χ1n) is 5.92. The number of nitriles is 1. The van der Waals surface area contributed by atoms with Gasteiger partial charge in [0.25, 0.3) is 5.91 Å². The van der Waals surface area contributed by atoms with Crippen LogP contribution < -0.4 is 11.1 Å². The molecule has 0 spiro atoms. The lowest BCUT2D eigenvalue weighted by Gasteiger charge is -2.09. The highest BCUT2D eigenvalue weighted by Gasteiger charge is 2.13. The van der Waals surface area contributed by atoms with Gasteiger partial charge in [-0.1, -0.05) is 6.07 Å². The van der Waals surface area contributed by atoms with Crippen LogP contribution in [-0.2, 0) is 0 Å². The molecule has 1 amide bonds. The van der Waals surface area contributed by atoms with Crippen LogP contribution in [0.5, 0.6) is 5.75 Å². The average molecular weight is 267 g/mol. The summed E-state index contributed by atoms with van der Waals surface area (Å²) < 4.78 is 0. The van der Waals surface area contributed by atoms with E-state index in [4.69, 9.17) is 11.0 Å². The van der Waals surface area contributed by atoms with Crippen LogP contribution in [-0.4, -0.2) is 11.0 Å². The van der Waals surface area contributed by atoms with E-state index in [1.807, 2.05) is 13.0 Å². The fourth-order valence-corrected chi connectivity index (χ4v) is 1.79. The van der Waals surface area contributed by atoms with Gasteiger partial charge in [0, 0.05) is 5.69 Å². The van der Waals surface area contributed by atoms with Gasteiger partial charge in [0.1, 0.15) is 11.8 Å². The number of aryl methyl sites for hydroxylation is 1. The molecule has 0 saturated heterocycles. The first-order valence-corrected chi connectivity index (χ1v) is 5.92. The molecule has 20 heavy (non-hydrogen) atoms. The Hall–Kier alpha value is -3.00. The molecule has 0 aliphatic rings. The fourth-order valence-electron chi connectivity index (χ4n) is 1.79. The van der Waals surface area contributed by atoms with Gasteiger partial charge in [0.15, 0.2) is 0 Å². The van der Waals surface area contributed by atoms with Crippen molar-refractivity contribution in [1.82, 2.24) is 0 Å². The molecule has 0 saturated carbocycles. The number of anilines is 2. The van der Waals surface area contributed by atoms with E-state index >= 15 is 0 Å². The van der Waals surface area contributed by atoms with Gasteiger partial charge in [-0.2, -0.15) is 5.26 Å². The molecule has 5 heteroatoms. The van der Waals surface area contributed by atoms with Gasteiger partial charge in [-0.15, -0.1) is 0 Å². The van der Waals surface area contributed by atoms with Gasteiger partial charge in [0.2, 0.25) is 0 Å². The van der Waals surface area contributed by atoms with Crippen molar-refractivity contribution < 1.29 is 9.90 Å². The summed E-state index contributed by atoms with van der Waals surface area (Å²) in [7, 11) is 0. The molecule has 0 unspecified atom stereocenters. The maximum absolute atomic E-state index is 12.1. The second-order valence-corrected chi connectivity index (χ2v) is 4.39. The largest absolute Gasteiger partial charge is 0.507 e. The minimum Gasteiger partial charge on any atom is -0.507 e. The molecule has 5 nitrogen and oxygen atoms in total. The number of amides is 1. The number of carbonyl (C=O) groups is 1. The Kier molecular flexibility index (Phi) is 3.58. The minimum atomic E-state index is -0.483. The number of nitrogen functional groups attached to an aromatic ring is 1. The van der Waals surface area contributed by atoms with Crippen molar-refractivity contribution in [1.29, 1.82) is 5.26 Å². The monoisotopic (exact) mass is 267 g/mol. The maximum atomic E-state index is 12.1. The van der Waals surface area contributed by atoms with Crippen LogP contribution >= 0.6 is 0 Å². The van der Waals surface area contributed by atoms with E-state index in [-0.39, 0.29) is 16.9 Å². The molecular formula is C15H13N3O2. The number of aromatic hydroxyl groups is 1. The smallest absolute Gasteiger partial charge is 0.259 e. The number of carbonyl (C=O) groups excluding carboxylic acids is 1. The van der Waals surface area contributed by atoms with E-state index in [1.54, 1.807) is 18.2 Å². The molecule has 4 N–H and O–H groups in total. The zero-order valence-corrected chi connectivity index (χ0v) is 10.8. The lowest BCUT2D eigenvalue weighted by atomic mass is 10.1. The van der Waals surface area contributed by atoms with Crippen LogP contribution in [0.4, 0.5) is 11.4 Å². The summed E-state index contributed by atoms with van der Waals surface area (Å²) in [4.78, 5) is 12.1. The first kappa shape index (κ1) is 13.4. The highest BCUT2D eigenvalue weighted by atomic mass is 16.3. The minimum absolute atomic E-state index is 0.101. The maximum Gasteiger partial charge on any atom is 0.259 e. The standard InChI is InChI=1S/C15H13N3O2/c1-9-2-4-12(14(19)6-9)15(20)18-13-5-3-11(17)7-10(13)8-16/h2-7,19H,17H2,1H3,(H,18,20). The molecule has 2 aromatic carbocycles. The van der Waals surface area contributed by atoms with Gasteiger partial charge in [-0.3, -0.25) is 4.79 Å². The van der Waals surface area contributed by atoms with E-state index in [2.05, 4.69) is 5.32 Å². The number of phenolic OH excluding ortho intramolecular Hbond substituents is 1. The second kappa shape index (κ2) is 5.33. The first-order chi connectivity index (χ1) is 9.51. The fraction of sp³-hybridized carbons (Fsp3) is 0.0667. The second-order valence-electron chi connectivity index (χ2n) is 4.39. The Morgan fingerprint density at radius 2 is 2.05 bits per heavy atom. The Labute approximate surface area is 116 Å². The molecule has 0 aromatic heterocycles. The normalized spacial score (nSPS) is 9.80. The number of nitrogens with two attached hydrogens (primary N) is 1. The van der Waals surface area contributed by atoms with Gasteiger partial charge < -0.3 is 16.2 Å². The van der Waals surface area contributed by atoms with Gasteiger partial charge in [-0.25, -0.2) is 0 Å². The van der Waals surface area contributed by atoms with Crippen molar-refractivity contribution in [2.75, 3.05) is 11.1 Å². The summed E-state index contributed by atoms with van der Waals surface area (Å²) in [6.45, 7) is 1.81. The van der Waals surface area contributed by atoms with Crippen LogP contribution in [0.3, 0.4) is 0 Å². The Balaban J connectivity index is 2.31. The number of nitrogens with one attached hydrogen (secondary N) is 1. The molecule has 2 aromatic rings. The lowest BCUT2D eigenvalue weighted by Crippen LogP contribution is -2.13. The van der Waals surface area contributed by atoms with Crippen molar-refractivity contribution in [3.63, 3.8) is 0 Å². The summed E-state index contributed by atoms with van der Waals surface area (Å²) in [5.74, 6) is -0.583. The van der Waals surface area contributed by atoms with E-state index in [9.17, 15) is 9.90 Å². The molecule has 0 heterocycles. The summed E-state index contributed by atoms with van der Waals surface area (Å²) in [6.07, 6.45) is 0. The Bertz CT molecular complexity index is 718. The number of phenols is 1. The number of hydrogen-bond donors (Lipinski definition) is 3. The molecule has 0 aliphatic heterocycles. The molecule has 0 fully saturated rings. The molecule has 0 aliphatic carbocycles. The van der Waals surface area contributed by atoms with Gasteiger partial charge in [0.05, 0.1) is 16.8 Å². The average Bonchev–Trinajstić information content (AvgIpc) is 2.40. The van der Waals surface area contributed by atoms with Crippen molar-refractivity contribution in [2.45, 2.75) is 6.92 Å². The van der Waals surface area contributed by atoms with Crippen LogP contribution in [0, 0.1) is 18.3 Å². The van der Waals surface area contributed by atoms with Crippen molar-refractivity contribution in [3.8, 4) is 11.8 Å². The molecule has 0 radical (unpaired) electrons. The lowest BCUT2D eigenvalue weighted by molar-refractivity contribution is 0.102. The van der Waals surface area contributed by atoms with Crippen molar-refractivity contribution in [2.24, 2.45) is 0 Å². The van der Waals surface area contributed by atoms with E-state index in [0.717, 1.165) is 5.56 Å². The number of rotatable bonds is 2. The Morgan fingerprint density at radius 1 is 1.30 bits per heavy atom. The Morgan fingerprint density at radius 3 is 2.70 bits per heavy atom. The van der Waals surface area contributed by atoms with Crippen molar-refractivity contribution in [3.05, 3.63) is 53.1 Å². The molecule has 0 bridgehead atoms. The third kappa shape index (κ3) is 2.70. The zero-order valence-electron chi connectivity index (χ0n) is 10.8. The summed E-state index contributed by atoms with van der Waals surface area (Å²) in [5.41, 5.74) is 7.65. The molecule has 100 valence electrons. The summed E-state index contributed by atoms with van der Waals surface area (Å²) in [5, 5.41) is 21.4. The van der Waals surface area contributed by atoms with Crippen LogP contribution in [0.25, 0.3) is 0 Å². The highest BCUT2D eigenvalue weighted by Crippen LogP contribution is 2.22. The SMILES string of the molecule is Cc1ccc(C(=O)Nc2ccc(N)cc2C#N)c(O)c1. The third-order valence-corrected chi connectivity index (χ3v) is 2.81. The van der Waals surface area contributed by atoms with Crippen LogP contribution in [0.1, 0.15) is 21.5 Å². The van der Waals surface area contributed by atoms with E-state index in [1.165, 1.54) is 18.2 Å². The molecule has 0 atom stereocenters. The predicted octanol–water partition coefficient (Wildman–Crippen LogP) is 2.41. The van der Waals surface area contributed by atoms with E-state index < -0.39 is 5.91 Å². The number of hydrogen-bond acceptors (Lipinski definition) is 4. The number of benzene rings is 2. The number of nitrogens with zero attached hydrogens (tertiary/aromatic N) is 1. The van der Waals surface area contributed by atoms with Gasteiger partial charge >= 0.3 is 0 Å². The van der Waals surface area contributed by atoms with Crippen LogP contribution in [0.2, 0.25) is 0 Å². The molecular weight excluding hydrogens is 254 g/mol. The summed E-state index contributed by atoms with van der Waals surface area (Å²) in [6, 6.07) is 11.3. The third-order valence-electron chi connectivity index (χ3n) is 2.81. The topological polar surface area (TPSA) is 99.1 Å². The van der Waals surface area contributed by atoms with E-state index in [0.29, 0.717) is 11.4 Å². The van der Waals surface area contributed by atoms with Gasteiger partial charge in [-0.05, 0) is 42.8 Å². The van der Waals surface area contributed by atoms with Crippen LogP contribution in [0.15, 0.2) is 36.4 Å².